The lowest BCUT2D eigenvalue weighted by molar-refractivity contribution is -0.121. The molecule has 1 amide bonds. The van der Waals surface area contributed by atoms with Crippen LogP contribution in [-0.2, 0) is 11.2 Å². The van der Waals surface area contributed by atoms with Crippen LogP contribution in [0.3, 0.4) is 0 Å². The Morgan fingerprint density at radius 2 is 2.06 bits per heavy atom. The Morgan fingerprint density at radius 1 is 1.26 bits per heavy atom. The summed E-state index contributed by atoms with van der Waals surface area (Å²) in [4.78, 5) is 28.0. The van der Waals surface area contributed by atoms with Gasteiger partial charge in [-0.3, -0.25) is 4.79 Å². The molecule has 164 valence electrons. The molecule has 31 heavy (non-hydrogen) atoms. The van der Waals surface area contributed by atoms with Crippen molar-refractivity contribution < 1.29 is 13.5 Å². The minimum atomic E-state index is -0.688. The molecule has 0 aliphatic carbocycles. The summed E-state index contributed by atoms with van der Waals surface area (Å²) in [5.41, 5.74) is 2.38. The van der Waals surface area contributed by atoms with Crippen molar-refractivity contribution >= 4 is 34.4 Å². The maximum absolute atomic E-state index is 14.3. The normalized spacial score (nSPS) is 12.0. The Balaban J connectivity index is 0.00000193. The molecule has 0 bridgehead atoms. The molecule has 0 unspecified atom stereocenters. The topological polar surface area (TPSA) is 95.6 Å². The lowest BCUT2D eigenvalue weighted by Gasteiger charge is -2.15. The third kappa shape index (κ3) is 4.80. The third-order valence-electron chi connectivity index (χ3n) is 4.78. The summed E-state index contributed by atoms with van der Waals surface area (Å²) in [5.74, 6) is -0.668. The molecule has 1 atom stereocenters. The van der Waals surface area contributed by atoms with E-state index in [1.165, 1.54) is 6.20 Å². The molecule has 0 saturated carbocycles. The van der Waals surface area contributed by atoms with Crippen molar-refractivity contribution in [3.63, 3.8) is 0 Å². The number of hydrogen-bond acceptors (Lipinski definition) is 5. The van der Waals surface area contributed by atoms with Gasteiger partial charge in [0, 0.05) is 34.2 Å². The zero-order chi connectivity index (χ0) is 21.8. The summed E-state index contributed by atoms with van der Waals surface area (Å²) in [5, 5.41) is 6.86. The van der Waals surface area contributed by atoms with Gasteiger partial charge >= 0.3 is 0 Å². The van der Waals surface area contributed by atoms with Gasteiger partial charge in [0.05, 0.1) is 11.2 Å². The fraction of sp³-hybridized carbons (Fsp3) is 0.182. The Hall–Kier alpha value is -3.52. The number of aromatic nitrogens is 4. The van der Waals surface area contributed by atoms with Gasteiger partial charge in [0.15, 0.2) is 17.5 Å². The van der Waals surface area contributed by atoms with E-state index in [2.05, 4.69) is 30.6 Å². The number of halogens is 2. The number of fused-ring (bicyclic) bond motifs is 1. The summed E-state index contributed by atoms with van der Waals surface area (Å²) in [6, 6.07) is 10.9. The molecule has 4 rings (SSSR count). The number of benzene rings is 1. The fourth-order valence-electron chi connectivity index (χ4n) is 3.16. The van der Waals surface area contributed by atoms with Crippen LogP contribution in [0.25, 0.3) is 22.4 Å². The molecule has 3 aromatic heterocycles. The number of nitrogens with one attached hydrogen (secondary N) is 3. The zero-order valence-electron chi connectivity index (χ0n) is 16.7. The molecule has 0 aliphatic rings. The number of H-pyrrole nitrogens is 1. The molecular formula is C22H26ClFN6O. The van der Waals surface area contributed by atoms with Crippen LogP contribution in [-0.4, -0.2) is 38.4 Å². The second-order valence-corrected chi connectivity index (χ2v) is 7.47. The third-order valence-corrected chi connectivity index (χ3v) is 4.99. The summed E-state index contributed by atoms with van der Waals surface area (Å²) >= 11 is 6.04. The monoisotopic (exact) mass is 444 g/mol. The van der Waals surface area contributed by atoms with E-state index < -0.39 is 11.9 Å². The highest BCUT2D eigenvalue weighted by Crippen LogP contribution is 2.28. The first-order valence-electron chi connectivity index (χ1n) is 9.75. The number of anilines is 1. The number of rotatable bonds is 7. The van der Waals surface area contributed by atoms with Crippen molar-refractivity contribution in [2.45, 2.75) is 19.4 Å². The van der Waals surface area contributed by atoms with E-state index in [0.717, 1.165) is 17.1 Å². The average molecular weight is 445 g/mol. The van der Waals surface area contributed by atoms with Gasteiger partial charge in [-0.05, 0) is 25.0 Å². The van der Waals surface area contributed by atoms with E-state index in [0.29, 0.717) is 29.2 Å². The number of nitrogens with zero attached hydrogens (tertiary/aromatic N) is 3. The Kier molecular flexibility index (Phi) is 6.08. The van der Waals surface area contributed by atoms with E-state index in [1.807, 2.05) is 30.3 Å². The molecule has 0 saturated heterocycles. The number of aromatic amines is 1. The number of hydrogen-bond donors (Lipinski definition) is 3. The molecule has 4 aromatic rings. The van der Waals surface area contributed by atoms with Crippen LogP contribution >= 0.6 is 11.6 Å². The molecule has 0 fully saturated rings. The minimum Gasteiger partial charge on any atom is -0.356 e. The number of carbonyl (C=O) groups is 1. The van der Waals surface area contributed by atoms with Gasteiger partial charge in [-0.1, -0.05) is 41.9 Å². The van der Waals surface area contributed by atoms with Gasteiger partial charge in [0.1, 0.15) is 11.7 Å². The van der Waals surface area contributed by atoms with Crippen LogP contribution in [0.4, 0.5) is 10.2 Å². The SMILES string of the molecule is C[C@H](Nc1nc(-c2c[nH]c3ncc(Cl)cc23)ncc1F)C(=O)NCCc1ccccc1.[HH].[HH].[HH]. The predicted octanol–water partition coefficient (Wildman–Crippen LogP) is 4.71. The first kappa shape index (κ1) is 20.7. The lowest BCUT2D eigenvalue weighted by atomic mass is 10.1. The zero-order valence-corrected chi connectivity index (χ0v) is 17.4. The molecule has 3 N–H and O–H groups in total. The Labute approximate surface area is 187 Å². The molecule has 7 nitrogen and oxygen atoms in total. The maximum Gasteiger partial charge on any atom is 0.242 e. The van der Waals surface area contributed by atoms with E-state index in [4.69, 9.17) is 11.6 Å². The smallest absolute Gasteiger partial charge is 0.242 e. The molecule has 0 radical (unpaired) electrons. The fourth-order valence-corrected chi connectivity index (χ4v) is 3.32. The second-order valence-electron chi connectivity index (χ2n) is 7.03. The molecule has 3 heterocycles. The summed E-state index contributed by atoms with van der Waals surface area (Å²) in [6.45, 7) is 2.13. The molecular weight excluding hydrogens is 419 g/mol. The summed E-state index contributed by atoms with van der Waals surface area (Å²) in [6.07, 6.45) is 5.00. The molecule has 9 heteroatoms. The largest absolute Gasteiger partial charge is 0.356 e. The van der Waals surface area contributed by atoms with Crippen molar-refractivity contribution in [1.29, 1.82) is 0 Å². The number of pyridine rings is 1. The van der Waals surface area contributed by atoms with E-state index in [9.17, 15) is 9.18 Å². The van der Waals surface area contributed by atoms with Gasteiger partial charge in [-0.15, -0.1) is 0 Å². The average Bonchev–Trinajstić information content (AvgIpc) is 3.19. The highest BCUT2D eigenvalue weighted by molar-refractivity contribution is 6.31. The van der Waals surface area contributed by atoms with Crippen LogP contribution in [0.1, 0.15) is 16.8 Å². The van der Waals surface area contributed by atoms with Crippen LogP contribution in [0, 0.1) is 5.82 Å². The molecule has 0 spiro atoms. The number of amides is 1. The van der Waals surface area contributed by atoms with E-state index in [1.54, 1.807) is 19.2 Å². The minimum absolute atomic E-state index is 0. The van der Waals surface area contributed by atoms with Crippen LogP contribution < -0.4 is 10.6 Å². The highest BCUT2D eigenvalue weighted by Gasteiger charge is 2.18. The maximum atomic E-state index is 14.3. The van der Waals surface area contributed by atoms with E-state index >= 15 is 0 Å². The van der Waals surface area contributed by atoms with Crippen LogP contribution in [0.5, 0.6) is 0 Å². The summed E-state index contributed by atoms with van der Waals surface area (Å²) in [7, 11) is 0. The molecule has 0 aliphatic heterocycles. The van der Waals surface area contributed by atoms with Gasteiger partial charge in [0.25, 0.3) is 0 Å². The predicted molar refractivity (Wildman–Crippen MR) is 125 cm³/mol. The Bertz CT molecular complexity index is 1230. The van der Waals surface area contributed by atoms with Gasteiger partial charge < -0.3 is 15.6 Å². The van der Waals surface area contributed by atoms with Crippen molar-refractivity contribution in [2.24, 2.45) is 0 Å². The van der Waals surface area contributed by atoms with Gasteiger partial charge in [-0.2, -0.15) is 0 Å². The van der Waals surface area contributed by atoms with Crippen molar-refractivity contribution in [3.05, 3.63) is 71.4 Å². The van der Waals surface area contributed by atoms with Gasteiger partial charge in [-0.25, -0.2) is 19.3 Å². The second kappa shape index (κ2) is 9.09. The van der Waals surface area contributed by atoms with Crippen LogP contribution in [0.2, 0.25) is 5.02 Å². The first-order valence-corrected chi connectivity index (χ1v) is 10.1. The standard InChI is InChI=1S/C22H20ClFN6O.3H2/c1-13(22(31)25-8-7-14-5-3-2-4-6-14)29-21-18(24)12-28-20(30-21)17-11-27-19-16(17)9-15(23)10-26-19;;;/h2-6,9-13H,7-8H2,1H3,(H,25,31)(H,26,27)(H,28,29,30);3*1H/t13-;;;/m0.../s1. The number of carbonyl (C=O) groups excluding carboxylic acids is 1. The summed E-state index contributed by atoms with van der Waals surface area (Å²) < 4.78 is 14.3. The lowest BCUT2D eigenvalue weighted by Crippen LogP contribution is -2.38. The van der Waals surface area contributed by atoms with E-state index in [-0.39, 0.29) is 21.8 Å². The van der Waals surface area contributed by atoms with Crippen molar-refractivity contribution in [1.82, 2.24) is 25.3 Å². The van der Waals surface area contributed by atoms with Gasteiger partial charge in [0.2, 0.25) is 5.91 Å². The molecule has 1 aromatic carbocycles. The Morgan fingerprint density at radius 3 is 2.87 bits per heavy atom. The first-order chi connectivity index (χ1) is 15.0. The highest BCUT2D eigenvalue weighted by atomic mass is 35.5. The van der Waals surface area contributed by atoms with Crippen molar-refractivity contribution in [3.8, 4) is 11.4 Å². The quantitative estimate of drug-likeness (QED) is 0.383. The van der Waals surface area contributed by atoms with Crippen molar-refractivity contribution in [2.75, 3.05) is 11.9 Å². The van der Waals surface area contributed by atoms with Crippen LogP contribution in [0.15, 0.2) is 55.0 Å².